The van der Waals surface area contributed by atoms with Crippen LogP contribution in [0.4, 0.5) is 10.1 Å². The zero-order valence-corrected chi connectivity index (χ0v) is 11.7. The van der Waals surface area contributed by atoms with Crippen molar-refractivity contribution in [2.24, 2.45) is 0 Å². The summed E-state index contributed by atoms with van der Waals surface area (Å²) in [6.45, 7) is 3.90. The van der Waals surface area contributed by atoms with Gasteiger partial charge in [0.25, 0.3) is 0 Å². The van der Waals surface area contributed by atoms with Crippen molar-refractivity contribution < 1.29 is 9.13 Å². The van der Waals surface area contributed by atoms with Crippen LogP contribution in [0.1, 0.15) is 13.8 Å². The van der Waals surface area contributed by atoms with Crippen molar-refractivity contribution >= 4 is 17.4 Å². The molecule has 0 heterocycles. The van der Waals surface area contributed by atoms with Crippen molar-refractivity contribution in [3.05, 3.63) is 48.3 Å². The lowest BCUT2D eigenvalue weighted by Crippen LogP contribution is -2.07. The average molecular weight is 277 g/mol. The second kappa shape index (κ2) is 5.97. The van der Waals surface area contributed by atoms with Crippen LogP contribution in [0.25, 0.3) is 0 Å². The first-order valence-electron chi connectivity index (χ1n) is 6.04. The van der Waals surface area contributed by atoms with Gasteiger partial charge in [-0.05, 0) is 50.2 Å². The minimum atomic E-state index is -0.237. The van der Waals surface area contributed by atoms with Crippen LogP contribution in [0.2, 0.25) is 0 Å². The molecule has 2 N–H and O–H groups in total. The Morgan fingerprint density at radius 1 is 1.11 bits per heavy atom. The van der Waals surface area contributed by atoms with Crippen LogP contribution in [0.3, 0.4) is 0 Å². The molecular weight excluding hydrogens is 261 g/mol. The van der Waals surface area contributed by atoms with Crippen LogP contribution < -0.4 is 10.5 Å². The summed E-state index contributed by atoms with van der Waals surface area (Å²) in [5.41, 5.74) is 6.47. The van der Waals surface area contributed by atoms with Crippen LogP contribution in [-0.2, 0) is 0 Å². The van der Waals surface area contributed by atoms with E-state index in [9.17, 15) is 4.39 Å². The fourth-order valence-electron chi connectivity index (χ4n) is 1.60. The van der Waals surface area contributed by atoms with Gasteiger partial charge in [-0.15, -0.1) is 0 Å². The molecule has 2 aromatic rings. The molecule has 0 atom stereocenters. The summed E-state index contributed by atoms with van der Waals surface area (Å²) in [7, 11) is 0. The van der Waals surface area contributed by atoms with Crippen molar-refractivity contribution in [2.45, 2.75) is 29.7 Å². The summed E-state index contributed by atoms with van der Waals surface area (Å²) in [6, 6.07) is 12.1. The van der Waals surface area contributed by atoms with E-state index in [1.54, 1.807) is 12.1 Å². The molecule has 0 bridgehead atoms. The number of hydrogen-bond acceptors (Lipinski definition) is 3. The van der Waals surface area contributed by atoms with E-state index in [2.05, 4.69) is 0 Å². The van der Waals surface area contributed by atoms with Crippen LogP contribution in [0.15, 0.2) is 52.3 Å². The molecule has 0 aromatic heterocycles. The predicted octanol–water partition coefficient (Wildman–Crippen LogP) is 4.35. The van der Waals surface area contributed by atoms with E-state index in [0.29, 0.717) is 11.4 Å². The molecule has 0 unspecified atom stereocenters. The summed E-state index contributed by atoms with van der Waals surface area (Å²) >= 11 is 1.48. The van der Waals surface area contributed by atoms with Crippen molar-refractivity contribution in [1.29, 1.82) is 0 Å². The summed E-state index contributed by atoms with van der Waals surface area (Å²) in [5, 5.41) is 0. The predicted molar refractivity (Wildman–Crippen MR) is 77.1 cm³/mol. The molecule has 0 spiro atoms. The maximum Gasteiger partial charge on any atom is 0.143 e. The van der Waals surface area contributed by atoms with Gasteiger partial charge < -0.3 is 10.5 Å². The molecule has 100 valence electrons. The highest BCUT2D eigenvalue weighted by atomic mass is 32.2. The maximum absolute atomic E-state index is 13.1. The van der Waals surface area contributed by atoms with Gasteiger partial charge in [0, 0.05) is 9.79 Å². The lowest BCUT2D eigenvalue weighted by Gasteiger charge is -2.13. The molecule has 19 heavy (non-hydrogen) atoms. The number of hydrogen-bond donors (Lipinski definition) is 1. The highest BCUT2D eigenvalue weighted by Gasteiger charge is 2.06. The highest BCUT2D eigenvalue weighted by Crippen LogP contribution is 2.33. The van der Waals surface area contributed by atoms with Crippen LogP contribution in [0, 0.1) is 5.82 Å². The van der Waals surface area contributed by atoms with Crippen molar-refractivity contribution in [3.63, 3.8) is 0 Å². The van der Waals surface area contributed by atoms with Gasteiger partial charge in [0.1, 0.15) is 11.6 Å². The summed E-state index contributed by atoms with van der Waals surface area (Å²) < 4.78 is 18.8. The molecule has 0 saturated carbocycles. The Bertz CT molecular complexity index is 572. The minimum absolute atomic E-state index is 0.0664. The Labute approximate surface area is 116 Å². The number of ether oxygens (including phenoxy) is 1. The molecule has 0 fully saturated rings. The van der Waals surface area contributed by atoms with Crippen molar-refractivity contribution in [2.75, 3.05) is 5.73 Å². The Morgan fingerprint density at radius 3 is 2.53 bits per heavy atom. The van der Waals surface area contributed by atoms with Gasteiger partial charge in [-0.1, -0.05) is 17.8 Å². The first kappa shape index (κ1) is 13.7. The third-order valence-corrected chi connectivity index (χ3v) is 3.36. The zero-order valence-electron chi connectivity index (χ0n) is 10.9. The van der Waals surface area contributed by atoms with Crippen LogP contribution >= 0.6 is 11.8 Å². The molecular formula is C15H16FNOS. The monoisotopic (exact) mass is 277 g/mol. The smallest absolute Gasteiger partial charge is 0.143 e. The number of anilines is 1. The molecule has 0 radical (unpaired) electrons. The number of nitrogen functional groups attached to an aromatic ring is 1. The largest absolute Gasteiger partial charge is 0.489 e. The second-order valence-electron chi connectivity index (χ2n) is 4.43. The topological polar surface area (TPSA) is 35.2 Å². The average Bonchev–Trinajstić information content (AvgIpc) is 2.33. The SMILES string of the molecule is CC(C)Oc1cc(Sc2cccc(F)c2)ccc1N. The molecule has 2 rings (SSSR count). The standard InChI is InChI=1S/C15H16FNOS/c1-10(2)18-15-9-13(6-7-14(15)17)19-12-5-3-4-11(16)8-12/h3-10H,17H2,1-2H3. The van der Waals surface area contributed by atoms with E-state index in [1.807, 2.05) is 32.0 Å². The Morgan fingerprint density at radius 2 is 1.84 bits per heavy atom. The van der Waals surface area contributed by atoms with Crippen molar-refractivity contribution in [3.8, 4) is 5.75 Å². The van der Waals surface area contributed by atoms with E-state index < -0.39 is 0 Å². The van der Waals surface area contributed by atoms with E-state index in [4.69, 9.17) is 10.5 Å². The molecule has 0 amide bonds. The first-order chi connectivity index (χ1) is 9.04. The summed E-state index contributed by atoms with van der Waals surface area (Å²) in [6.07, 6.45) is 0.0664. The maximum atomic E-state index is 13.1. The van der Waals surface area contributed by atoms with Crippen LogP contribution in [0.5, 0.6) is 5.75 Å². The van der Waals surface area contributed by atoms with Crippen LogP contribution in [-0.4, -0.2) is 6.10 Å². The Balaban J connectivity index is 2.21. The molecule has 0 aliphatic heterocycles. The number of benzene rings is 2. The lowest BCUT2D eigenvalue weighted by atomic mass is 10.3. The number of halogens is 1. The van der Waals surface area contributed by atoms with E-state index in [-0.39, 0.29) is 11.9 Å². The third-order valence-electron chi connectivity index (χ3n) is 2.38. The van der Waals surface area contributed by atoms with Gasteiger partial charge in [-0.2, -0.15) is 0 Å². The molecule has 4 heteroatoms. The molecule has 2 nitrogen and oxygen atoms in total. The quantitative estimate of drug-likeness (QED) is 0.844. The Kier molecular flexibility index (Phi) is 4.32. The number of nitrogens with two attached hydrogens (primary N) is 1. The first-order valence-corrected chi connectivity index (χ1v) is 6.86. The third kappa shape index (κ3) is 3.89. The van der Waals surface area contributed by atoms with E-state index in [0.717, 1.165) is 9.79 Å². The van der Waals surface area contributed by atoms with Gasteiger partial charge in [-0.3, -0.25) is 0 Å². The summed E-state index contributed by atoms with van der Waals surface area (Å²) in [4.78, 5) is 1.82. The normalized spacial score (nSPS) is 10.7. The second-order valence-corrected chi connectivity index (χ2v) is 5.57. The van der Waals surface area contributed by atoms with E-state index in [1.165, 1.54) is 23.9 Å². The summed E-state index contributed by atoms with van der Waals surface area (Å²) in [5.74, 6) is 0.426. The van der Waals surface area contributed by atoms with Gasteiger partial charge in [0.05, 0.1) is 11.8 Å². The Hall–Kier alpha value is -1.68. The van der Waals surface area contributed by atoms with Gasteiger partial charge in [0.15, 0.2) is 0 Å². The molecule has 0 aliphatic carbocycles. The van der Waals surface area contributed by atoms with Gasteiger partial charge in [0.2, 0.25) is 0 Å². The number of rotatable bonds is 4. The highest BCUT2D eigenvalue weighted by molar-refractivity contribution is 7.99. The fraction of sp³-hybridized carbons (Fsp3) is 0.200. The van der Waals surface area contributed by atoms with Gasteiger partial charge in [-0.25, -0.2) is 4.39 Å². The fourth-order valence-corrected chi connectivity index (χ4v) is 2.49. The zero-order chi connectivity index (χ0) is 13.8. The molecule has 0 saturated heterocycles. The van der Waals surface area contributed by atoms with E-state index >= 15 is 0 Å². The van der Waals surface area contributed by atoms with Gasteiger partial charge >= 0.3 is 0 Å². The molecule has 0 aliphatic rings. The van der Waals surface area contributed by atoms with Crippen molar-refractivity contribution in [1.82, 2.24) is 0 Å². The lowest BCUT2D eigenvalue weighted by molar-refractivity contribution is 0.243. The molecule has 2 aromatic carbocycles. The minimum Gasteiger partial charge on any atom is -0.489 e.